The van der Waals surface area contributed by atoms with Gasteiger partial charge in [0.2, 0.25) is 5.91 Å². The number of aryl methyl sites for hydroxylation is 1. The molecule has 3 rings (SSSR count). The quantitative estimate of drug-likeness (QED) is 0.371. The largest absolute Gasteiger partial charge is 0.356 e. The fourth-order valence-electron chi connectivity index (χ4n) is 4.15. The van der Waals surface area contributed by atoms with Gasteiger partial charge >= 0.3 is 0 Å². The van der Waals surface area contributed by atoms with Crippen LogP contribution in [0.4, 0.5) is 0 Å². The smallest absolute Gasteiger partial charge is 0.225 e. The highest BCUT2D eigenvalue weighted by Crippen LogP contribution is 2.26. The highest BCUT2D eigenvalue weighted by atomic mass is 127. The van der Waals surface area contributed by atoms with E-state index in [4.69, 9.17) is 0 Å². The van der Waals surface area contributed by atoms with Crippen molar-refractivity contribution in [3.05, 3.63) is 35.4 Å². The van der Waals surface area contributed by atoms with Gasteiger partial charge in [-0.1, -0.05) is 49.1 Å². The molecule has 0 bridgehead atoms. The van der Waals surface area contributed by atoms with Crippen molar-refractivity contribution >= 4 is 35.8 Å². The third-order valence-corrected chi connectivity index (χ3v) is 5.85. The van der Waals surface area contributed by atoms with Crippen LogP contribution in [0.1, 0.15) is 49.7 Å². The van der Waals surface area contributed by atoms with E-state index < -0.39 is 0 Å². The predicted molar refractivity (Wildman–Crippen MR) is 126 cm³/mol. The first kappa shape index (κ1) is 23.0. The Hall–Kier alpha value is -1.31. The van der Waals surface area contributed by atoms with E-state index in [1.54, 1.807) is 7.05 Å². The van der Waals surface area contributed by atoms with E-state index in [0.29, 0.717) is 11.9 Å². The molecule has 0 radical (unpaired) electrons. The van der Waals surface area contributed by atoms with Gasteiger partial charge in [-0.2, -0.15) is 0 Å². The van der Waals surface area contributed by atoms with Gasteiger partial charge in [0.1, 0.15) is 0 Å². The third-order valence-electron chi connectivity index (χ3n) is 5.85. The van der Waals surface area contributed by atoms with Gasteiger partial charge in [-0.15, -0.1) is 24.0 Å². The van der Waals surface area contributed by atoms with E-state index in [0.717, 1.165) is 51.3 Å². The van der Waals surface area contributed by atoms with Crippen LogP contribution in [0.15, 0.2) is 29.3 Å². The number of halogens is 1. The molecular weight excluding hydrogens is 463 g/mol. The molecule has 1 amide bonds. The van der Waals surface area contributed by atoms with Crippen molar-refractivity contribution in [1.82, 2.24) is 15.5 Å². The van der Waals surface area contributed by atoms with Crippen molar-refractivity contribution < 1.29 is 4.79 Å². The molecule has 1 saturated heterocycles. The van der Waals surface area contributed by atoms with Gasteiger partial charge in [0.15, 0.2) is 5.96 Å². The molecule has 1 atom stereocenters. The fraction of sp³-hybridized carbons (Fsp3) is 0.636. The van der Waals surface area contributed by atoms with Gasteiger partial charge < -0.3 is 15.5 Å². The number of amides is 1. The lowest BCUT2D eigenvalue weighted by molar-refractivity contribution is -0.135. The average Bonchev–Trinajstić information content (AvgIpc) is 3.17. The number of nitrogens with one attached hydrogen (secondary N) is 2. The standard InChI is InChI=1S/C22H34N4O.HI/c1-17-8-10-18(11-9-17)12-14-24-22(23-2)25-20-13-15-26(16-20)21(27)19-6-4-3-5-7-19;/h8-11,19-20H,3-7,12-16H2,1-2H3,(H2,23,24,25);1H. The Balaban J connectivity index is 0.00000280. The van der Waals surface area contributed by atoms with Crippen LogP contribution in [0, 0.1) is 12.8 Å². The Labute approximate surface area is 186 Å². The van der Waals surface area contributed by atoms with Crippen LogP contribution in [0.25, 0.3) is 0 Å². The number of hydrogen-bond donors (Lipinski definition) is 2. The number of rotatable bonds is 5. The normalized spacial score (nSPS) is 20.6. The molecule has 1 aliphatic heterocycles. The van der Waals surface area contributed by atoms with Crippen molar-refractivity contribution in [3.8, 4) is 0 Å². The van der Waals surface area contributed by atoms with Crippen molar-refractivity contribution in [2.75, 3.05) is 26.7 Å². The van der Waals surface area contributed by atoms with Crippen LogP contribution >= 0.6 is 24.0 Å². The average molecular weight is 498 g/mol. The summed E-state index contributed by atoms with van der Waals surface area (Å²) in [5, 5.41) is 6.90. The molecule has 0 spiro atoms. The minimum atomic E-state index is 0. The first-order chi connectivity index (χ1) is 13.2. The zero-order valence-electron chi connectivity index (χ0n) is 17.2. The van der Waals surface area contributed by atoms with E-state index in [2.05, 4.69) is 51.7 Å². The first-order valence-corrected chi connectivity index (χ1v) is 10.5. The van der Waals surface area contributed by atoms with Crippen molar-refractivity contribution in [3.63, 3.8) is 0 Å². The summed E-state index contributed by atoms with van der Waals surface area (Å²) in [5.74, 6) is 1.48. The van der Waals surface area contributed by atoms with Gasteiger partial charge in [0.25, 0.3) is 0 Å². The molecular formula is C22H35IN4O. The molecule has 2 aliphatic rings. The molecule has 0 aromatic heterocycles. The molecule has 1 heterocycles. The molecule has 1 aliphatic carbocycles. The lowest BCUT2D eigenvalue weighted by atomic mass is 9.88. The van der Waals surface area contributed by atoms with Gasteiger partial charge in [-0.25, -0.2) is 0 Å². The SMILES string of the molecule is CN=C(NCCc1ccc(C)cc1)NC1CCN(C(=O)C2CCCCC2)C1.I. The molecule has 1 aromatic carbocycles. The number of hydrogen-bond acceptors (Lipinski definition) is 2. The second-order valence-electron chi connectivity index (χ2n) is 7.98. The maximum absolute atomic E-state index is 12.7. The third kappa shape index (κ3) is 6.64. The van der Waals surface area contributed by atoms with Gasteiger partial charge in [0.05, 0.1) is 0 Å². The molecule has 156 valence electrons. The molecule has 1 unspecified atom stereocenters. The molecule has 2 fully saturated rings. The number of nitrogens with zero attached hydrogens (tertiary/aromatic N) is 2. The summed E-state index contributed by atoms with van der Waals surface area (Å²) in [7, 11) is 1.81. The van der Waals surface area contributed by atoms with Crippen LogP contribution in [0.2, 0.25) is 0 Å². The number of guanidine groups is 1. The van der Waals surface area contributed by atoms with Crippen LogP contribution in [0.5, 0.6) is 0 Å². The summed E-state index contributed by atoms with van der Waals surface area (Å²) in [6.45, 7) is 4.62. The molecule has 1 aromatic rings. The van der Waals surface area contributed by atoms with E-state index in [1.165, 1.54) is 30.4 Å². The molecule has 5 nitrogen and oxygen atoms in total. The number of aliphatic imine (C=N–C) groups is 1. The maximum atomic E-state index is 12.7. The van der Waals surface area contributed by atoms with Crippen molar-refractivity contribution in [2.45, 2.75) is 57.9 Å². The monoisotopic (exact) mass is 498 g/mol. The Morgan fingerprint density at radius 3 is 2.54 bits per heavy atom. The zero-order chi connectivity index (χ0) is 19.1. The zero-order valence-corrected chi connectivity index (χ0v) is 19.6. The van der Waals surface area contributed by atoms with Crippen LogP contribution in [-0.4, -0.2) is 49.5 Å². The van der Waals surface area contributed by atoms with E-state index >= 15 is 0 Å². The van der Waals surface area contributed by atoms with Crippen LogP contribution in [0.3, 0.4) is 0 Å². The maximum Gasteiger partial charge on any atom is 0.225 e. The van der Waals surface area contributed by atoms with Gasteiger partial charge in [-0.05, 0) is 38.2 Å². The molecule has 2 N–H and O–H groups in total. The topological polar surface area (TPSA) is 56.7 Å². The first-order valence-electron chi connectivity index (χ1n) is 10.5. The van der Waals surface area contributed by atoms with Crippen molar-refractivity contribution in [1.29, 1.82) is 0 Å². The molecule has 1 saturated carbocycles. The Bertz CT molecular complexity index is 640. The molecule has 6 heteroatoms. The summed E-state index contributed by atoms with van der Waals surface area (Å²) >= 11 is 0. The van der Waals surface area contributed by atoms with E-state index in [-0.39, 0.29) is 29.9 Å². The number of likely N-dealkylation sites (tertiary alicyclic amines) is 1. The van der Waals surface area contributed by atoms with Crippen LogP contribution in [-0.2, 0) is 11.2 Å². The summed E-state index contributed by atoms with van der Waals surface area (Å²) in [6.07, 6.45) is 7.84. The summed E-state index contributed by atoms with van der Waals surface area (Å²) in [4.78, 5) is 19.1. The fourth-order valence-corrected chi connectivity index (χ4v) is 4.15. The minimum Gasteiger partial charge on any atom is -0.356 e. The number of carbonyl (C=O) groups is 1. The van der Waals surface area contributed by atoms with Gasteiger partial charge in [0, 0.05) is 38.6 Å². The number of carbonyl (C=O) groups excluding carboxylic acids is 1. The van der Waals surface area contributed by atoms with E-state index in [9.17, 15) is 4.79 Å². The second-order valence-corrected chi connectivity index (χ2v) is 7.98. The molecule has 28 heavy (non-hydrogen) atoms. The van der Waals surface area contributed by atoms with Gasteiger partial charge in [-0.3, -0.25) is 9.79 Å². The Morgan fingerprint density at radius 1 is 1.14 bits per heavy atom. The second kappa shape index (κ2) is 11.6. The lowest BCUT2D eigenvalue weighted by Crippen LogP contribution is -2.46. The summed E-state index contributed by atoms with van der Waals surface area (Å²) in [6, 6.07) is 8.96. The minimum absolute atomic E-state index is 0. The van der Waals surface area contributed by atoms with E-state index in [1.807, 2.05) is 0 Å². The lowest BCUT2D eigenvalue weighted by Gasteiger charge is -2.26. The summed E-state index contributed by atoms with van der Waals surface area (Å²) < 4.78 is 0. The number of benzene rings is 1. The highest BCUT2D eigenvalue weighted by molar-refractivity contribution is 14.0. The Kier molecular flexibility index (Phi) is 9.55. The highest BCUT2D eigenvalue weighted by Gasteiger charge is 2.31. The predicted octanol–water partition coefficient (Wildman–Crippen LogP) is 3.50. The summed E-state index contributed by atoms with van der Waals surface area (Å²) in [5.41, 5.74) is 2.62. The Morgan fingerprint density at radius 2 is 1.86 bits per heavy atom. The van der Waals surface area contributed by atoms with Crippen molar-refractivity contribution in [2.24, 2.45) is 10.9 Å². The van der Waals surface area contributed by atoms with Crippen LogP contribution < -0.4 is 10.6 Å².